The smallest absolute Gasteiger partial charge is 0.0195 e. The van der Waals surface area contributed by atoms with Crippen LogP contribution in [-0.2, 0) is 0 Å². The SMILES string of the molecule is CCCCCN(C(C)C)C(C)CNC(CC)CC. The normalized spacial score (nSPS) is 13.8. The van der Waals surface area contributed by atoms with Gasteiger partial charge in [-0.2, -0.15) is 0 Å². The standard InChI is InChI=1S/C16H36N2/c1-7-10-11-12-18(14(4)5)15(6)13-17-16(8-2)9-3/h14-17H,7-13H2,1-6H3. The summed E-state index contributed by atoms with van der Waals surface area (Å²) in [4.78, 5) is 2.64. The van der Waals surface area contributed by atoms with Crippen molar-refractivity contribution in [3.05, 3.63) is 0 Å². The van der Waals surface area contributed by atoms with E-state index >= 15 is 0 Å². The Morgan fingerprint density at radius 2 is 1.56 bits per heavy atom. The Bertz CT molecular complexity index is 176. The van der Waals surface area contributed by atoms with Crippen molar-refractivity contribution in [2.24, 2.45) is 0 Å². The number of hydrogen-bond donors (Lipinski definition) is 1. The minimum Gasteiger partial charge on any atom is -0.312 e. The van der Waals surface area contributed by atoms with Crippen LogP contribution in [0.3, 0.4) is 0 Å². The highest BCUT2D eigenvalue weighted by atomic mass is 15.2. The van der Waals surface area contributed by atoms with E-state index in [2.05, 4.69) is 51.8 Å². The fourth-order valence-corrected chi connectivity index (χ4v) is 2.56. The van der Waals surface area contributed by atoms with E-state index in [1.165, 1.54) is 38.6 Å². The van der Waals surface area contributed by atoms with Crippen molar-refractivity contribution in [1.82, 2.24) is 10.2 Å². The van der Waals surface area contributed by atoms with Crippen LogP contribution in [0, 0.1) is 0 Å². The van der Waals surface area contributed by atoms with Crippen molar-refractivity contribution in [3.8, 4) is 0 Å². The van der Waals surface area contributed by atoms with Crippen LogP contribution in [0.2, 0.25) is 0 Å². The highest BCUT2D eigenvalue weighted by Crippen LogP contribution is 2.09. The van der Waals surface area contributed by atoms with Crippen molar-refractivity contribution in [1.29, 1.82) is 0 Å². The summed E-state index contributed by atoms with van der Waals surface area (Å²) in [7, 11) is 0. The second kappa shape index (κ2) is 10.8. The van der Waals surface area contributed by atoms with Crippen molar-refractivity contribution in [3.63, 3.8) is 0 Å². The summed E-state index contributed by atoms with van der Waals surface area (Å²) < 4.78 is 0. The van der Waals surface area contributed by atoms with E-state index in [-0.39, 0.29) is 0 Å². The van der Waals surface area contributed by atoms with Gasteiger partial charge in [-0.05, 0) is 46.6 Å². The predicted octanol–water partition coefficient (Wildman–Crippen LogP) is 4.05. The van der Waals surface area contributed by atoms with Gasteiger partial charge in [-0.25, -0.2) is 0 Å². The number of nitrogens with zero attached hydrogens (tertiary/aromatic N) is 1. The van der Waals surface area contributed by atoms with Gasteiger partial charge in [0.1, 0.15) is 0 Å². The molecular weight excluding hydrogens is 220 g/mol. The molecule has 0 rings (SSSR count). The van der Waals surface area contributed by atoms with E-state index in [9.17, 15) is 0 Å². The molecule has 0 spiro atoms. The third kappa shape index (κ3) is 7.38. The number of nitrogens with one attached hydrogen (secondary N) is 1. The van der Waals surface area contributed by atoms with Gasteiger partial charge in [0.15, 0.2) is 0 Å². The number of rotatable bonds is 11. The summed E-state index contributed by atoms with van der Waals surface area (Å²) in [5, 5.41) is 3.70. The van der Waals surface area contributed by atoms with E-state index in [0.717, 1.165) is 6.54 Å². The Morgan fingerprint density at radius 1 is 0.944 bits per heavy atom. The summed E-state index contributed by atoms with van der Waals surface area (Å²) in [5.41, 5.74) is 0. The van der Waals surface area contributed by atoms with Crippen LogP contribution in [-0.4, -0.2) is 36.1 Å². The molecule has 0 aromatic rings. The molecule has 0 saturated heterocycles. The minimum atomic E-state index is 0.641. The highest BCUT2D eigenvalue weighted by Gasteiger charge is 2.17. The molecule has 1 unspecified atom stereocenters. The Kier molecular flexibility index (Phi) is 10.8. The first-order valence-electron chi connectivity index (χ1n) is 8.05. The number of hydrogen-bond acceptors (Lipinski definition) is 2. The van der Waals surface area contributed by atoms with Gasteiger partial charge >= 0.3 is 0 Å². The second-order valence-corrected chi connectivity index (χ2v) is 5.81. The summed E-state index contributed by atoms with van der Waals surface area (Å²) in [5.74, 6) is 0. The van der Waals surface area contributed by atoms with Crippen LogP contribution in [0.1, 0.15) is 73.6 Å². The van der Waals surface area contributed by atoms with Crippen molar-refractivity contribution in [2.75, 3.05) is 13.1 Å². The largest absolute Gasteiger partial charge is 0.312 e. The van der Waals surface area contributed by atoms with E-state index in [1.54, 1.807) is 0 Å². The zero-order valence-corrected chi connectivity index (χ0v) is 13.6. The molecule has 0 radical (unpaired) electrons. The first-order valence-corrected chi connectivity index (χ1v) is 8.05. The third-order valence-electron chi connectivity index (χ3n) is 3.94. The first-order chi connectivity index (χ1) is 8.56. The Labute approximate surface area is 116 Å². The van der Waals surface area contributed by atoms with Crippen LogP contribution in [0.25, 0.3) is 0 Å². The third-order valence-corrected chi connectivity index (χ3v) is 3.94. The van der Waals surface area contributed by atoms with Crippen molar-refractivity contribution >= 4 is 0 Å². The van der Waals surface area contributed by atoms with Crippen molar-refractivity contribution in [2.45, 2.75) is 91.8 Å². The average Bonchev–Trinajstić information content (AvgIpc) is 2.35. The molecule has 110 valence electrons. The molecule has 0 fully saturated rings. The lowest BCUT2D eigenvalue weighted by Gasteiger charge is -2.34. The minimum absolute atomic E-state index is 0.641. The Hall–Kier alpha value is -0.0800. The van der Waals surface area contributed by atoms with E-state index < -0.39 is 0 Å². The molecule has 2 heteroatoms. The molecule has 0 aromatic carbocycles. The maximum absolute atomic E-state index is 3.70. The second-order valence-electron chi connectivity index (χ2n) is 5.81. The molecule has 1 N–H and O–H groups in total. The van der Waals surface area contributed by atoms with E-state index in [1.807, 2.05) is 0 Å². The van der Waals surface area contributed by atoms with E-state index in [0.29, 0.717) is 18.1 Å². The van der Waals surface area contributed by atoms with Crippen LogP contribution >= 0.6 is 0 Å². The predicted molar refractivity (Wildman–Crippen MR) is 83.2 cm³/mol. The van der Waals surface area contributed by atoms with Gasteiger partial charge in [-0.3, -0.25) is 4.90 Å². The Balaban J connectivity index is 4.08. The lowest BCUT2D eigenvalue weighted by molar-refractivity contribution is 0.154. The maximum Gasteiger partial charge on any atom is 0.0195 e. The zero-order valence-electron chi connectivity index (χ0n) is 13.6. The molecule has 0 aromatic heterocycles. The molecule has 0 aliphatic rings. The summed E-state index contributed by atoms with van der Waals surface area (Å²) in [6.07, 6.45) is 6.48. The summed E-state index contributed by atoms with van der Waals surface area (Å²) in [6.45, 7) is 16.2. The van der Waals surface area contributed by atoms with Crippen LogP contribution in [0.4, 0.5) is 0 Å². The quantitative estimate of drug-likeness (QED) is 0.561. The van der Waals surface area contributed by atoms with Gasteiger partial charge in [0.2, 0.25) is 0 Å². The molecule has 1 atom stereocenters. The molecule has 0 heterocycles. The van der Waals surface area contributed by atoms with Gasteiger partial charge in [0.25, 0.3) is 0 Å². The molecule has 0 aliphatic carbocycles. The summed E-state index contributed by atoms with van der Waals surface area (Å²) in [6, 6.07) is 1.99. The van der Waals surface area contributed by atoms with Gasteiger partial charge in [0.05, 0.1) is 0 Å². The molecule has 0 bridgehead atoms. The van der Waals surface area contributed by atoms with Gasteiger partial charge < -0.3 is 5.32 Å². The van der Waals surface area contributed by atoms with Crippen LogP contribution < -0.4 is 5.32 Å². The fourth-order valence-electron chi connectivity index (χ4n) is 2.56. The molecule has 2 nitrogen and oxygen atoms in total. The zero-order chi connectivity index (χ0) is 14.0. The van der Waals surface area contributed by atoms with Crippen molar-refractivity contribution < 1.29 is 0 Å². The van der Waals surface area contributed by atoms with Gasteiger partial charge in [-0.15, -0.1) is 0 Å². The lowest BCUT2D eigenvalue weighted by atomic mass is 10.1. The average molecular weight is 256 g/mol. The molecule has 0 saturated carbocycles. The maximum atomic E-state index is 3.70. The Morgan fingerprint density at radius 3 is 2.00 bits per heavy atom. The monoisotopic (exact) mass is 256 g/mol. The van der Waals surface area contributed by atoms with Gasteiger partial charge in [-0.1, -0.05) is 33.6 Å². The topological polar surface area (TPSA) is 15.3 Å². The molecule has 0 amide bonds. The first kappa shape index (κ1) is 17.9. The molecular formula is C16H36N2. The fraction of sp³-hybridized carbons (Fsp3) is 1.00. The van der Waals surface area contributed by atoms with Gasteiger partial charge in [0, 0.05) is 24.7 Å². The molecule has 0 aliphatic heterocycles. The number of unbranched alkanes of at least 4 members (excludes halogenated alkanes) is 2. The lowest BCUT2D eigenvalue weighted by Crippen LogP contribution is -2.46. The highest BCUT2D eigenvalue weighted by molar-refractivity contribution is 4.75. The van der Waals surface area contributed by atoms with E-state index in [4.69, 9.17) is 0 Å². The van der Waals surface area contributed by atoms with Crippen LogP contribution in [0.15, 0.2) is 0 Å². The molecule has 18 heavy (non-hydrogen) atoms. The van der Waals surface area contributed by atoms with Crippen LogP contribution in [0.5, 0.6) is 0 Å². The summed E-state index contributed by atoms with van der Waals surface area (Å²) >= 11 is 0.